The van der Waals surface area contributed by atoms with E-state index in [0.717, 1.165) is 0 Å². The van der Waals surface area contributed by atoms with Crippen molar-refractivity contribution in [3.63, 3.8) is 0 Å². The number of hydrogen-bond donors (Lipinski definition) is 1. The largest absolute Gasteiger partial charge is 0.481 e. The maximum atomic E-state index is 12.6. The van der Waals surface area contributed by atoms with Crippen LogP contribution in [0.15, 0.2) is 30.6 Å². The number of carboxylic acid groups (broad SMARTS) is 1. The van der Waals surface area contributed by atoms with E-state index in [1.807, 2.05) is 13.8 Å². The zero-order valence-electron chi connectivity index (χ0n) is 13.2. The van der Waals surface area contributed by atoms with E-state index in [4.69, 9.17) is 28.3 Å². The smallest absolute Gasteiger partial charge is 0.305 e. The van der Waals surface area contributed by atoms with Crippen LogP contribution in [0.25, 0.3) is 5.69 Å². The van der Waals surface area contributed by atoms with Crippen LogP contribution in [0.4, 0.5) is 0 Å². The summed E-state index contributed by atoms with van der Waals surface area (Å²) in [4.78, 5) is 24.9. The third-order valence-corrected chi connectivity index (χ3v) is 3.97. The standard InChI is InChI=1S/C16H17Cl2N3O3/c1-10(2)20(6-5-15(22)23)16(24)11-8-19-21(9-11)14-4-3-12(17)7-13(14)18/h3-4,7-10H,5-6H2,1-2H3,(H,22,23). The van der Waals surface area contributed by atoms with Crippen molar-refractivity contribution in [3.8, 4) is 5.69 Å². The number of rotatable bonds is 6. The average molecular weight is 370 g/mol. The van der Waals surface area contributed by atoms with Crippen molar-refractivity contribution < 1.29 is 14.7 Å². The van der Waals surface area contributed by atoms with Gasteiger partial charge in [0.15, 0.2) is 0 Å². The lowest BCUT2D eigenvalue weighted by molar-refractivity contribution is -0.137. The predicted molar refractivity (Wildman–Crippen MR) is 92.0 cm³/mol. The van der Waals surface area contributed by atoms with Gasteiger partial charge in [0.05, 0.1) is 28.9 Å². The molecule has 128 valence electrons. The molecule has 0 unspecified atom stereocenters. The number of benzene rings is 1. The first-order chi connectivity index (χ1) is 11.3. The SMILES string of the molecule is CC(C)N(CCC(=O)O)C(=O)c1cnn(-c2ccc(Cl)cc2Cl)c1. The second-order valence-electron chi connectivity index (χ2n) is 5.51. The summed E-state index contributed by atoms with van der Waals surface area (Å²) < 4.78 is 1.49. The Balaban J connectivity index is 2.24. The van der Waals surface area contributed by atoms with Gasteiger partial charge in [0.1, 0.15) is 0 Å². The Bertz CT molecular complexity index is 759. The van der Waals surface area contributed by atoms with Crippen molar-refractivity contribution in [1.82, 2.24) is 14.7 Å². The van der Waals surface area contributed by atoms with Gasteiger partial charge in [0.2, 0.25) is 0 Å². The molecule has 2 rings (SSSR count). The summed E-state index contributed by atoms with van der Waals surface area (Å²) in [7, 11) is 0. The average Bonchev–Trinajstić information content (AvgIpc) is 2.96. The zero-order valence-corrected chi connectivity index (χ0v) is 14.8. The Hall–Kier alpha value is -2.05. The first-order valence-electron chi connectivity index (χ1n) is 7.32. The fraction of sp³-hybridized carbons (Fsp3) is 0.312. The van der Waals surface area contributed by atoms with Crippen LogP contribution in [-0.2, 0) is 4.79 Å². The van der Waals surface area contributed by atoms with Gasteiger partial charge in [0, 0.05) is 23.8 Å². The lowest BCUT2D eigenvalue weighted by atomic mass is 10.2. The number of carboxylic acids is 1. The molecule has 0 atom stereocenters. The van der Waals surface area contributed by atoms with Crippen molar-refractivity contribution in [2.45, 2.75) is 26.3 Å². The third-order valence-electron chi connectivity index (χ3n) is 3.44. The Kier molecular flexibility index (Phi) is 5.85. The van der Waals surface area contributed by atoms with Crippen LogP contribution in [0.3, 0.4) is 0 Å². The molecule has 0 aliphatic rings. The Morgan fingerprint density at radius 3 is 2.62 bits per heavy atom. The topological polar surface area (TPSA) is 75.4 Å². The maximum absolute atomic E-state index is 12.6. The molecule has 6 nitrogen and oxygen atoms in total. The number of hydrogen-bond acceptors (Lipinski definition) is 3. The number of carbonyl (C=O) groups excluding carboxylic acids is 1. The highest BCUT2D eigenvalue weighted by molar-refractivity contribution is 6.35. The van der Waals surface area contributed by atoms with E-state index in [9.17, 15) is 9.59 Å². The quantitative estimate of drug-likeness (QED) is 0.845. The third kappa shape index (κ3) is 4.27. The van der Waals surface area contributed by atoms with Gasteiger partial charge in [-0.1, -0.05) is 23.2 Å². The van der Waals surface area contributed by atoms with E-state index in [0.29, 0.717) is 21.3 Å². The van der Waals surface area contributed by atoms with E-state index in [2.05, 4.69) is 5.10 Å². The lowest BCUT2D eigenvalue weighted by Gasteiger charge is -2.25. The molecule has 8 heteroatoms. The number of carbonyl (C=O) groups is 2. The Morgan fingerprint density at radius 1 is 1.33 bits per heavy atom. The highest BCUT2D eigenvalue weighted by atomic mass is 35.5. The minimum atomic E-state index is -0.947. The van der Waals surface area contributed by atoms with Crippen LogP contribution in [0.2, 0.25) is 10.0 Å². The zero-order chi connectivity index (χ0) is 17.9. The summed E-state index contributed by atoms with van der Waals surface area (Å²) in [6.07, 6.45) is 2.89. The molecule has 0 fully saturated rings. The number of nitrogens with zero attached hydrogens (tertiary/aromatic N) is 3. The van der Waals surface area contributed by atoms with Gasteiger partial charge in [-0.25, -0.2) is 4.68 Å². The summed E-state index contributed by atoms with van der Waals surface area (Å²) in [5, 5.41) is 13.9. The van der Waals surface area contributed by atoms with Crippen LogP contribution in [-0.4, -0.2) is 44.3 Å². The van der Waals surface area contributed by atoms with Gasteiger partial charge in [0.25, 0.3) is 5.91 Å². The molecule has 0 saturated heterocycles. The molecule has 1 heterocycles. The normalized spacial score (nSPS) is 10.9. The van der Waals surface area contributed by atoms with Crippen molar-refractivity contribution in [1.29, 1.82) is 0 Å². The molecule has 0 aliphatic carbocycles. The second kappa shape index (κ2) is 7.68. The number of aromatic nitrogens is 2. The molecular weight excluding hydrogens is 353 g/mol. The van der Waals surface area contributed by atoms with E-state index in [1.165, 1.54) is 15.8 Å². The minimum Gasteiger partial charge on any atom is -0.481 e. The van der Waals surface area contributed by atoms with Gasteiger partial charge in [-0.2, -0.15) is 5.10 Å². The van der Waals surface area contributed by atoms with Gasteiger partial charge < -0.3 is 10.0 Å². The van der Waals surface area contributed by atoms with E-state index in [1.54, 1.807) is 24.4 Å². The predicted octanol–water partition coefficient (Wildman–Crippen LogP) is 3.50. The lowest BCUT2D eigenvalue weighted by Crippen LogP contribution is -2.38. The van der Waals surface area contributed by atoms with Gasteiger partial charge in [-0.05, 0) is 32.0 Å². The van der Waals surface area contributed by atoms with Crippen molar-refractivity contribution in [2.75, 3.05) is 6.54 Å². The summed E-state index contributed by atoms with van der Waals surface area (Å²) in [5.74, 6) is -1.22. The number of aliphatic carboxylic acids is 1. The molecule has 1 aromatic carbocycles. The molecular formula is C16H17Cl2N3O3. The van der Waals surface area contributed by atoms with Crippen LogP contribution in [0, 0.1) is 0 Å². The first kappa shape index (κ1) is 18.3. The van der Waals surface area contributed by atoms with Crippen molar-refractivity contribution >= 4 is 35.1 Å². The molecule has 0 aliphatic heterocycles. The van der Waals surface area contributed by atoms with Gasteiger partial charge >= 0.3 is 5.97 Å². The van der Waals surface area contributed by atoms with Crippen molar-refractivity contribution in [3.05, 3.63) is 46.2 Å². The molecule has 1 aromatic heterocycles. The molecule has 0 saturated carbocycles. The number of amides is 1. The van der Waals surface area contributed by atoms with Crippen LogP contribution in [0.5, 0.6) is 0 Å². The molecule has 0 bridgehead atoms. The highest BCUT2D eigenvalue weighted by Gasteiger charge is 2.21. The second-order valence-corrected chi connectivity index (χ2v) is 6.35. The highest BCUT2D eigenvalue weighted by Crippen LogP contribution is 2.24. The molecule has 2 aromatic rings. The molecule has 0 spiro atoms. The molecule has 0 radical (unpaired) electrons. The van der Waals surface area contributed by atoms with Gasteiger partial charge in [-0.15, -0.1) is 0 Å². The first-order valence-corrected chi connectivity index (χ1v) is 8.08. The summed E-state index contributed by atoms with van der Waals surface area (Å²) >= 11 is 12.0. The fourth-order valence-electron chi connectivity index (χ4n) is 2.21. The monoisotopic (exact) mass is 369 g/mol. The maximum Gasteiger partial charge on any atom is 0.305 e. The van der Waals surface area contributed by atoms with Gasteiger partial charge in [-0.3, -0.25) is 9.59 Å². The molecule has 24 heavy (non-hydrogen) atoms. The fourth-order valence-corrected chi connectivity index (χ4v) is 2.70. The van der Waals surface area contributed by atoms with E-state index in [-0.39, 0.29) is 24.9 Å². The summed E-state index contributed by atoms with van der Waals surface area (Å²) in [6.45, 7) is 3.80. The summed E-state index contributed by atoms with van der Waals surface area (Å²) in [5.41, 5.74) is 0.960. The van der Waals surface area contributed by atoms with Crippen LogP contribution < -0.4 is 0 Å². The minimum absolute atomic E-state index is 0.110. The number of halogens is 2. The molecule has 1 N–H and O–H groups in total. The Morgan fingerprint density at radius 2 is 2.04 bits per heavy atom. The molecule has 1 amide bonds. The summed E-state index contributed by atoms with van der Waals surface area (Å²) in [6, 6.07) is 4.85. The Labute approximate surface area is 149 Å². The van der Waals surface area contributed by atoms with E-state index < -0.39 is 5.97 Å². The van der Waals surface area contributed by atoms with Crippen molar-refractivity contribution in [2.24, 2.45) is 0 Å². The van der Waals surface area contributed by atoms with Crippen LogP contribution >= 0.6 is 23.2 Å². The van der Waals surface area contributed by atoms with Crippen LogP contribution in [0.1, 0.15) is 30.6 Å². The van der Waals surface area contributed by atoms with E-state index >= 15 is 0 Å².